The minimum Gasteiger partial charge on any atom is -0.477 e. The summed E-state index contributed by atoms with van der Waals surface area (Å²) in [7, 11) is 1.74. The second-order valence-electron chi connectivity index (χ2n) is 4.21. The first-order valence-corrected chi connectivity index (χ1v) is 5.30. The monoisotopic (exact) mass is 229 g/mol. The molecule has 1 aromatic carbocycles. The SMILES string of the molecule is Cc1ccc2c(c1)oc1cc(C(=O)O)n(C)c12. The van der Waals surface area contributed by atoms with Crippen LogP contribution in [0.3, 0.4) is 0 Å². The maximum absolute atomic E-state index is 11.0. The van der Waals surface area contributed by atoms with Crippen molar-refractivity contribution in [3.63, 3.8) is 0 Å². The van der Waals surface area contributed by atoms with Crippen LogP contribution >= 0.6 is 0 Å². The van der Waals surface area contributed by atoms with Gasteiger partial charge in [-0.1, -0.05) is 6.07 Å². The summed E-state index contributed by atoms with van der Waals surface area (Å²) in [5.41, 5.74) is 3.60. The summed E-state index contributed by atoms with van der Waals surface area (Å²) < 4.78 is 7.31. The highest BCUT2D eigenvalue weighted by atomic mass is 16.4. The van der Waals surface area contributed by atoms with E-state index in [-0.39, 0.29) is 5.69 Å². The molecule has 4 heteroatoms. The molecule has 1 N–H and O–H groups in total. The summed E-state index contributed by atoms with van der Waals surface area (Å²) in [4.78, 5) is 11.0. The van der Waals surface area contributed by atoms with Crippen molar-refractivity contribution in [2.24, 2.45) is 7.05 Å². The zero-order chi connectivity index (χ0) is 12.2. The van der Waals surface area contributed by atoms with Crippen LogP contribution < -0.4 is 0 Å². The molecule has 17 heavy (non-hydrogen) atoms. The number of hydrogen-bond donors (Lipinski definition) is 1. The van der Waals surface area contributed by atoms with Gasteiger partial charge in [0.1, 0.15) is 11.3 Å². The van der Waals surface area contributed by atoms with Gasteiger partial charge in [-0.05, 0) is 24.6 Å². The number of aromatic nitrogens is 1. The van der Waals surface area contributed by atoms with Gasteiger partial charge in [-0.2, -0.15) is 0 Å². The molecule has 0 saturated carbocycles. The lowest BCUT2D eigenvalue weighted by molar-refractivity contribution is 0.0687. The maximum Gasteiger partial charge on any atom is 0.352 e. The molecule has 0 fully saturated rings. The Hall–Kier alpha value is -2.23. The van der Waals surface area contributed by atoms with E-state index in [0.717, 1.165) is 22.0 Å². The molecular weight excluding hydrogens is 218 g/mol. The van der Waals surface area contributed by atoms with Crippen LogP contribution in [0, 0.1) is 6.92 Å². The summed E-state index contributed by atoms with van der Waals surface area (Å²) in [6, 6.07) is 7.47. The van der Waals surface area contributed by atoms with Crippen molar-refractivity contribution in [2.75, 3.05) is 0 Å². The van der Waals surface area contributed by atoms with Crippen LogP contribution in [0.15, 0.2) is 28.7 Å². The number of aryl methyl sites for hydroxylation is 2. The normalized spacial score (nSPS) is 11.4. The van der Waals surface area contributed by atoms with Crippen molar-refractivity contribution in [3.05, 3.63) is 35.5 Å². The fourth-order valence-corrected chi connectivity index (χ4v) is 2.20. The molecule has 0 bridgehead atoms. The van der Waals surface area contributed by atoms with Gasteiger partial charge >= 0.3 is 5.97 Å². The third kappa shape index (κ3) is 1.27. The van der Waals surface area contributed by atoms with Gasteiger partial charge < -0.3 is 14.1 Å². The number of carboxylic acid groups (broad SMARTS) is 1. The number of carboxylic acids is 1. The number of furan rings is 1. The van der Waals surface area contributed by atoms with Gasteiger partial charge in [-0.25, -0.2) is 4.79 Å². The van der Waals surface area contributed by atoms with Gasteiger partial charge in [0.2, 0.25) is 0 Å². The number of hydrogen-bond acceptors (Lipinski definition) is 2. The van der Waals surface area contributed by atoms with Crippen LogP contribution in [0.1, 0.15) is 16.1 Å². The van der Waals surface area contributed by atoms with Gasteiger partial charge in [-0.15, -0.1) is 0 Å². The van der Waals surface area contributed by atoms with E-state index < -0.39 is 5.97 Å². The Morgan fingerprint density at radius 3 is 2.76 bits per heavy atom. The number of benzene rings is 1. The topological polar surface area (TPSA) is 55.4 Å². The molecule has 3 aromatic rings. The molecule has 0 unspecified atom stereocenters. The quantitative estimate of drug-likeness (QED) is 0.698. The molecule has 0 saturated heterocycles. The second kappa shape index (κ2) is 3.13. The minimum atomic E-state index is -0.945. The van der Waals surface area contributed by atoms with Gasteiger partial charge in [0, 0.05) is 18.5 Å². The van der Waals surface area contributed by atoms with E-state index in [0.29, 0.717) is 5.58 Å². The van der Waals surface area contributed by atoms with E-state index in [1.807, 2.05) is 25.1 Å². The summed E-state index contributed by atoms with van der Waals surface area (Å²) in [6.07, 6.45) is 0. The Bertz CT molecular complexity index is 749. The summed E-state index contributed by atoms with van der Waals surface area (Å²) in [6.45, 7) is 2.00. The van der Waals surface area contributed by atoms with Gasteiger partial charge in [0.15, 0.2) is 5.58 Å². The molecule has 2 aromatic heterocycles. The zero-order valence-electron chi connectivity index (χ0n) is 9.52. The number of fused-ring (bicyclic) bond motifs is 3. The minimum absolute atomic E-state index is 0.237. The van der Waals surface area contributed by atoms with Crippen molar-refractivity contribution in [1.82, 2.24) is 4.57 Å². The number of aromatic carboxylic acids is 1. The average molecular weight is 229 g/mol. The summed E-state index contributed by atoms with van der Waals surface area (Å²) in [5.74, 6) is -0.945. The molecule has 2 heterocycles. The lowest BCUT2D eigenvalue weighted by Gasteiger charge is -1.98. The van der Waals surface area contributed by atoms with Crippen molar-refractivity contribution in [3.8, 4) is 0 Å². The van der Waals surface area contributed by atoms with E-state index >= 15 is 0 Å². The predicted molar refractivity (Wildman–Crippen MR) is 64.4 cm³/mol. The molecule has 86 valence electrons. The van der Waals surface area contributed by atoms with Crippen molar-refractivity contribution in [2.45, 2.75) is 6.92 Å². The zero-order valence-corrected chi connectivity index (χ0v) is 9.52. The van der Waals surface area contributed by atoms with Crippen LogP contribution in [0.5, 0.6) is 0 Å². The first-order chi connectivity index (χ1) is 8.08. The van der Waals surface area contributed by atoms with Crippen LogP contribution in [0.25, 0.3) is 22.1 Å². The largest absolute Gasteiger partial charge is 0.477 e. The molecule has 3 rings (SSSR count). The highest BCUT2D eigenvalue weighted by Crippen LogP contribution is 2.31. The number of carbonyl (C=O) groups is 1. The highest BCUT2D eigenvalue weighted by molar-refractivity contribution is 6.06. The van der Waals surface area contributed by atoms with E-state index in [4.69, 9.17) is 9.52 Å². The van der Waals surface area contributed by atoms with Crippen molar-refractivity contribution >= 4 is 28.0 Å². The second-order valence-corrected chi connectivity index (χ2v) is 4.21. The maximum atomic E-state index is 11.0. The van der Waals surface area contributed by atoms with Gasteiger partial charge in [0.25, 0.3) is 0 Å². The fraction of sp³-hybridized carbons (Fsp3) is 0.154. The van der Waals surface area contributed by atoms with E-state index in [1.165, 1.54) is 0 Å². The molecule has 0 amide bonds. The molecule has 0 aliphatic carbocycles. The smallest absolute Gasteiger partial charge is 0.352 e. The van der Waals surface area contributed by atoms with E-state index in [2.05, 4.69) is 0 Å². The Labute approximate surface area is 97.1 Å². The van der Waals surface area contributed by atoms with E-state index in [9.17, 15) is 4.79 Å². The van der Waals surface area contributed by atoms with E-state index in [1.54, 1.807) is 17.7 Å². The molecule has 0 atom stereocenters. The van der Waals surface area contributed by atoms with Crippen molar-refractivity contribution in [1.29, 1.82) is 0 Å². The molecule has 0 aliphatic heterocycles. The molecule has 0 radical (unpaired) electrons. The molecule has 0 aliphatic rings. The number of rotatable bonds is 1. The number of nitrogens with zero attached hydrogens (tertiary/aromatic N) is 1. The lowest BCUT2D eigenvalue weighted by atomic mass is 10.2. The molecular formula is C13H11NO3. The van der Waals surface area contributed by atoms with Crippen LogP contribution in [-0.4, -0.2) is 15.6 Å². The van der Waals surface area contributed by atoms with Crippen LogP contribution in [0.4, 0.5) is 0 Å². The highest BCUT2D eigenvalue weighted by Gasteiger charge is 2.17. The third-order valence-corrected chi connectivity index (χ3v) is 3.03. The van der Waals surface area contributed by atoms with Crippen molar-refractivity contribution < 1.29 is 14.3 Å². The first kappa shape index (κ1) is 9.96. The predicted octanol–water partition coefficient (Wildman–Crippen LogP) is 2.93. The van der Waals surface area contributed by atoms with Gasteiger partial charge in [-0.3, -0.25) is 0 Å². The summed E-state index contributed by atoms with van der Waals surface area (Å²) >= 11 is 0. The summed E-state index contributed by atoms with van der Waals surface area (Å²) in [5, 5.41) is 9.98. The first-order valence-electron chi connectivity index (χ1n) is 5.30. The van der Waals surface area contributed by atoms with Crippen LogP contribution in [-0.2, 0) is 7.05 Å². The Morgan fingerprint density at radius 1 is 1.29 bits per heavy atom. The Balaban J connectivity index is 2.46. The molecule has 4 nitrogen and oxygen atoms in total. The average Bonchev–Trinajstić information content (AvgIpc) is 2.75. The third-order valence-electron chi connectivity index (χ3n) is 3.03. The van der Waals surface area contributed by atoms with Crippen LogP contribution in [0.2, 0.25) is 0 Å². The lowest BCUT2D eigenvalue weighted by Crippen LogP contribution is -2.03. The molecule has 0 spiro atoms. The fourth-order valence-electron chi connectivity index (χ4n) is 2.20. The standard InChI is InChI=1S/C13H11NO3/c1-7-3-4-8-10(5-7)17-11-6-9(13(15)16)14(2)12(8)11/h3-6H,1-2H3,(H,15,16). The Morgan fingerprint density at radius 2 is 2.06 bits per heavy atom. The van der Waals surface area contributed by atoms with Gasteiger partial charge in [0.05, 0.1) is 5.52 Å². The Kier molecular flexibility index (Phi) is 1.84.